The van der Waals surface area contributed by atoms with Crippen molar-refractivity contribution in [1.82, 2.24) is 0 Å². The van der Waals surface area contributed by atoms with E-state index in [1.165, 1.54) is 32.3 Å². The molecule has 2 nitrogen and oxygen atoms in total. The van der Waals surface area contributed by atoms with Gasteiger partial charge in [-0.05, 0) is 177 Å². The molecule has 0 heterocycles. The van der Waals surface area contributed by atoms with Crippen molar-refractivity contribution in [1.29, 1.82) is 0 Å². The van der Waals surface area contributed by atoms with Gasteiger partial charge in [-0.25, -0.2) is 0 Å². The minimum atomic E-state index is -3.46. The molecule has 0 saturated carbocycles. The second-order valence-corrected chi connectivity index (χ2v) is 29.7. The van der Waals surface area contributed by atoms with Crippen LogP contribution in [0.1, 0.15) is 0 Å². The zero-order valence-electron chi connectivity index (χ0n) is 48.9. The second kappa shape index (κ2) is 20.4. The summed E-state index contributed by atoms with van der Waals surface area (Å²) in [5.74, 6) is 0. The van der Waals surface area contributed by atoms with Crippen LogP contribution in [0, 0.1) is 0 Å². The Balaban J connectivity index is 0.727. The quantitative estimate of drug-likeness (QED) is 0.112. The average molecular weight is 1180 g/mol. The Kier molecular flexibility index (Phi) is 11.9. The van der Waals surface area contributed by atoms with Crippen molar-refractivity contribution < 1.29 is 9.13 Å². The molecule has 0 spiro atoms. The normalized spacial score (nSPS) is 12.3. The van der Waals surface area contributed by atoms with E-state index >= 15 is 9.13 Å². The van der Waals surface area contributed by atoms with Gasteiger partial charge in [0.05, 0.1) is 0 Å². The van der Waals surface area contributed by atoms with Crippen LogP contribution in [-0.4, -0.2) is 0 Å². The molecular weight excluding hydrogens is 1130 g/mol. The molecule has 0 amide bonds. The van der Waals surface area contributed by atoms with Crippen LogP contribution in [0.2, 0.25) is 0 Å². The summed E-state index contributed by atoms with van der Waals surface area (Å²) >= 11 is 0. The molecule has 18 rings (SSSR count). The zero-order chi connectivity index (χ0) is 59.7. The molecule has 90 heavy (non-hydrogen) atoms. The third kappa shape index (κ3) is 8.19. The molecule has 0 unspecified atom stereocenters. The van der Waals surface area contributed by atoms with E-state index in [-0.39, 0.29) is 0 Å². The molecule has 0 aliphatic rings. The average Bonchev–Trinajstić information content (AvgIpc) is 0.780. The third-order valence-corrected chi connectivity index (χ3v) is 25.4. The lowest BCUT2D eigenvalue weighted by atomic mass is 9.90. The van der Waals surface area contributed by atoms with Crippen LogP contribution in [0.5, 0.6) is 0 Å². The van der Waals surface area contributed by atoms with Gasteiger partial charge in [-0.3, -0.25) is 0 Å². The predicted molar refractivity (Wildman–Crippen MR) is 389 cm³/mol. The van der Waals surface area contributed by atoms with E-state index in [0.29, 0.717) is 0 Å². The number of benzene rings is 18. The molecule has 0 atom stereocenters. The number of hydrogen-bond donors (Lipinski definition) is 0. The first kappa shape index (κ1) is 52.4. The number of fused-ring (bicyclic) bond motifs is 18. The van der Waals surface area contributed by atoms with E-state index in [1.54, 1.807) is 0 Å². The molecule has 18 aromatic carbocycles. The Morgan fingerprint density at radius 3 is 0.644 bits per heavy atom. The van der Waals surface area contributed by atoms with Crippen molar-refractivity contribution in [3.8, 4) is 22.3 Å². The van der Waals surface area contributed by atoms with Gasteiger partial charge in [0.2, 0.25) is 0 Å². The molecule has 0 aliphatic heterocycles. The molecule has 0 aromatic heterocycles. The first-order valence-electron chi connectivity index (χ1n) is 30.8. The van der Waals surface area contributed by atoms with Gasteiger partial charge in [0, 0.05) is 31.8 Å². The van der Waals surface area contributed by atoms with Crippen molar-refractivity contribution in [2.24, 2.45) is 0 Å². The Morgan fingerprint density at radius 2 is 0.356 bits per heavy atom. The predicted octanol–water partition coefficient (Wildman–Crippen LogP) is 21.0. The van der Waals surface area contributed by atoms with Crippen LogP contribution in [0.15, 0.2) is 328 Å². The lowest BCUT2D eigenvalue weighted by Gasteiger charge is -2.22. The topological polar surface area (TPSA) is 34.1 Å². The first-order valence-corrected chi connectivity index (χ1v) is 34.2. The molecule has 0 aliphatic carbocycles. The van der Waals surface area contributed by atoms with E-state index in [1.807, 2.05) is 0 Å². The van der Waals surface area contributed by atoms with Gasteiger partial charge < -0.3 is 9.13 Å². The minimum Gasteiger partial charge on any atom is -0.309 e. The van der Waals surface area contributed by atoms with E-state index < -0.39 is 14.3 Å². The van der Waals surface area contributed by atoms with Gasteiger partial charge in [-0.1, -0.05) is 291 Å². The smallest absolute Gasteiger partial charge is 0.171 e. The lowest BCUT2D eigenvalue weighted by Crippen LogP contribution is -2.25. The summed E-state index contributed by atoms with van der Waals surface area (Å²) < 4.78 is 33.3. The van der Waals surface area contributed by atoms with Gasteiger partial charge >= 0.3 is 0 Å². The molecular formula is C86H54O2P2. The highest BCUT2D eigenvalue weighted by atomic mass is 31.2. The summed E-state index contributed by atoms with van der Waals surface area (Å²) in [4.78, 5) is 0. The molecule has 420 valence electrons. The highest BCUT2D eigenvalue weighted by molar-refractivity contribution is 7.85. The summed E-state index contributed by atoms with van der Waals surface area (Å²) in [6.07, 6.45) is 0. The van der Waals surface area contributed by atoms with Crippen molar-refractivity contribution in [2.45, 2.75) is 0 Å². The number of hydrogen-bond acceptors (Lipinski definition) is 2. The van der Waals surface area contributed by atoms with Crippen LogP contribution >= 0.6 is 14.3 Å². The van der Waals surface area contributed by atoms with E-state index in [2.05, 4.69) is 328 Å². The summed E-state index contributed by atoms with van der Waals surface area (Å²) in [5.41, 5.74) is 4.28. The molecule has 0 saturated heterocycles. The van der Waals surface area contributed by atoms with E-state index in [9.17, 15) is 0 Å². The van der Waals surface area contributed by atoms with Crippen molar-refractivity contribution in [3.63, 3.8) is 0 Å². The monoisotopic (exact) mass is 1180 g/mol. The van der Waals surface area contributed by atoms with Crippen LogP contribution in [0.3, 0.4) is 0 Å². The van der Waals surface area contributed by atoms with Crippen LogP contribution < -0.4 is 31.8 Å². The Bertz CT molecular complexity index is 5520. The Hall–Kier alpha value is -10.7. The molecule has 0 N–H and O–H groups in total. The highest BCUT2D eigenvalue weighted by Gasteiger charge is 2.33. The maximum atomic E-state index is 16.7. The summed E-state index contributed by atoms with van der Waals surface area (Å²) in [7, 11) is -6.91. The maximum Gasteiger partial charge on any atom is 0.171 e. The Morgan fingerprint density at radius 1 is 0.144 bits per heavy atom. The minimum absolute atomic E-state index is 0.791. The summed E-state index contributed by atoms with van der Waals surface area (Å²) in [6.45, 7) is 0. The number of rotatable bonds is 8. The van der Waals surface area contributed by atoms with Crippen molar-refractivity contribution >= 4 is 165 Å². The maximum absolute atomic E-state index is 16.7. The highest BCUT2D eigenvalue weighted by Crippen LogP contribution is 2.48. The van der Waals surface area contributed by atoms with Crippen LogP contribution in [0.4, 0.5) is 0 Å². The van der Waals surface area contributed by atoms with Crippen LogP contribution in [0.25, 0.3) is 141 Å². The summed E-state index contributed by atoms with van der Waals surface area (Å²) in [5, 5.41) is 30.0. The fourth-order valence-corrected chi connectivity index (χ4v) is 20.0. The first-order chi connectivity index (χ1) is 44.3. The molecule has 0 fully saturated rings. The second-order valence-electron chi connectivity index (χ2n) is 24.1. The fourth-order valence-electron chi connectivity index (χ4n) is 14.7. The lowest BCUT2D eigenvalue weighted by molar-refractivity contribution is 0.591. The zero-order valence-corrected chi connectivity index (χ0v) is 50.7. The Labute approximate surface area is 520 Å². The van der Waals surface area contributed by atoms with Gasteiger partial charge in [0.25, 0.3) is 0 Å². The van der Waals surface area contributed by atoms with Crippen molar-refractivity contribution in [2.75, 3.05) is 0 Å². The van der Waals surface area contributed by atoms with Crippen molar-refractivity contribution in [3.05, 3.63) is 328 Å². The van der Waals surface area contributed by atoms with Gasteiger partial charge in [-0.2, -0.15) is 0 Å². The van der Waals surface area contributed by atoms with E-state index in [4.69, 9.17) is 0 Å². The third-order valence-electron chi connectivity index (χ3n) is 19.3. The van der Waals surface area contributed by atoms with E-state index in [0.717, 1.165) is 140 Å². The summed E-state index contributed by atoms with van der Waals surface area (Å²) in [6, 6.07) is 116. The van der Waals surface area contributed by atoms with Gasteiger partial charge in [0.1, 0.15) is 0 Å². The standard InChI is InChI=1S/C86H54O2P2/c87-89(69-43-33-61-25-21-57-11-1-5-15-73(57)81(61)51-69,70-44-34-62-26-22-58-12-2-6-16-74(58)82(62)52-70)67-39-29-55(30-40-67)65-37-47-79-80-48-38-66(50-86(80)78-20-10-9-19-77(78)85(79)49-65)56-31-41-68(42-32-56)90(88,71-45-35-63-27-23-59-13-3-7-17-75(59)83(63)53-71)72-46-36-64-28-24-60-14-4-8-18-76(60)84(64)54-72/h1-54H. The molecule has 0 bridgehead atoms. The van der Waals surface area contributed by atoms with Crippen LogP contribution in [-0.2, 0) is 9.13 Å². The van der Waals surface area contributed by atoms with Gasteiger partial charge in [-0.15, -0.1) is 0 Å². The molecule has 0 radical (unpaired) electrons. The molecule has 18 aromatic rings. The fraction of sp³-hybridized carbons (Fsp3) is 0. The van der Waals surface area contributed by atoms with Gasteiger partial charge in [0.15, 0.2) is 14.3 Å². The SMILES string of the molecule is O=P(c1ccc(-c2ccc3c4ccc(-c5ccc(P(=O)(c6ccc7ccc8ccccc8c7c6)c6ccc7ccc8ccccc8c7c6)cc5)cc4c4ccccc4c3c2)cc1)(c1ccc2ccc3ccccc3c2c1)c1ccc2ccc3ccccc3c2c1. The molecule has 4 heteroatoms. The largest absolute Gasteiger partial charge is 0.309 e.